The lowest BCUT2D eigenvalue weighted by molar-refractivity contribution is -0.144. The predicted octanol–water partition coefficient (Wildman–Crippen LogP) is 3.20. The zero-order chi connectivity index (χ0) is 16.6. The third kappa shape index (κ3) is 6.04. The van der Waals surface area contributed by atoms with Gasteiger partial charge in [0.15, 0.2) is 0 Å². The number of nitrogens with one attached hydrogen (secondary N) is 1. The van der Waals surface area contributed by atoms with Crippen LogP contribution in [0.1, 0.15) is 62.3 Å². The molecule has 4 nitrogen and oxygen atoms in total. The highest BCUT2D eigenvalue weighted by Crippen LogP contribution is 2.39. The fraction of sp³-hybridized carbons (Fsp3) is 0.875. The molecule has 0 unspecified atom stereocenters. The molecule has 1 N–H and O–H groups in total. The van der Waals surface area contributed by atoms with Gasteiger partial charge >= 0.3 is 0 Å². The minimum absolute atomic E-state index is 0.0149. The zero-order valence-corrected chi connectivity index (χ0v) is 14.7. The maximum absolute atomic E-state index is 12.1. The molecule has 120 valence electrons. The molecule has 0 spiro atoms. The Kier molecular flexibility index (Phi) is 9.75. The lowest BCUT2D eigenvalue weighted by Crippen LogP contribution is -2.50. The molecule has 0 aromatic heterocycles. The summed E-state index contributed by atoms with van der Waals surface area (Å²) in [6.45, 7) is 17.6. The van der Waals surface area contributed by atoms with Crippen LogP contribution in [-0.4, -0.2) is 30.9 Å². The second kappa shape index (κ2) is 9.11. The lowest BCUT2D eigenvalue weighted by Gasteiger charge is -2.38. The van der Waals surface area contributed by atoms with Gasteiger partial charge in [0.05, 0.1) is 18.1 Å². The first-order valence-electron chi connectivity index (χ1n) is 7.44. The number of carbonyl (C=O) groups is 2. The number of ketones is 1. The summed E-state index contributed by atoms with van der Waals surface area (Å²) >= 11 is 0. The Balaban J connectivity index is 0. The fourth-order valence-electron chi connectivity index (χ4n) is 1.40. The molecule has 20 heavy (non-hydrogen) atoms. The van der Waals surface area contributed by atoms with Gasteiger partial charge in [0.2, 0.25) is 5.91 Å². The van der Waals surface area contributed by atoms with E-state index in [2.05, 4.69) is 5.32 Å². The van der Waals surface area contributed by atoms with Crippen LogP contribution in [0.5, 0.6) is 0 Å². The molecular formula is C16H33NO3. The Labute approximate surface area is 124 Å². The van der Waals surface area contributed by atoms with Gasteiger partial charge in [-0.15, -0.1) is 0 Å². The van der Waals surface area contributed by atoms with Crippen LogP contribution in [0.4, 0.5) is 0 Å². The topological polar surface area (TPSA) is 55.4 Å². The third-order valence-corrected chi connectivity index (χ3v) is 3.85. The maximum Gasteiger partial charge on any atom is 0.226 e. The van der Waals surface area contributed by atoms with Crippen LogP contribution >= 0.6 is 0 Å². The van der Waals surface area contributed by atoms with Crippen molar-refractivity contribution in [1.29, 1.82) is 0 Å². The van der Waals surface area contributed by atoms with E-state index in [1.54, 1.807) is 27.7 Å². The van der Waals surface area contributed by atoms with E-state index < -0.39 is 10.8 Å². The summed E-state index contributed by atoms with van der Waals surface area (Å²) in [6.07, 6.45) is 0.156. The van der Waals surface area contributed by atoms with E-state index in [0.29, 0.717) is 13.2 Å². The number of hydrogen-bond acceptors (Lipinski definition) is 3. The summed E-state index contributed by atoms with van der Waals surface area (Å²) < 4.78 is 5.36. The summed E-state index contributed by atoms with van der Waals surface area (Å²) in [7, 11) is 0. The van der Waals surface area contributed by atoms with Crippen LogP contribution < -0.4 is 5.32 Å². The average Bonchev–Trinajstić information content (AvgIpc) is 2.35. The SMILES string of the molecule is CC.CC(=O)C(C)(C)C(C)(C)C(=O)NCCOC(C)C. The summed E-state index contributed by atoms with van der Waals surface area (Å²) in [4.78, 5) is 23.8. The molecule has 0 rings (SSSR count). The van der Waals surface area contributed by atoms with Crippen LogP contribution in [0.15, 0.2) is 0 Å². The van der Waals surface area contributed by atoms with Gasteiger partial charge in [0.1, 0.15) is 5.78 Å². The van der Waals surface area contributed by atoms with Crippen molar-refractivity contribution >= 4 is 11.7 Å². The number of Topliss-reactive ketones (excluding diaryl/α,β-unsaturated/α-hetero) is 1. The molecule has 0 fully saturated rings. The Morgan fingerprint density at radius 1 is 1.05 bits per heavy atom. The van der Waals surface area contributed by atoms with E-state index in [1.165, 1.54) is 6.92 Å². The number of carbonyl (C=O) groups excluding carboxylic acids is 2. The van der Waals surface area contributed by atoms with Crippen molar-refractivity contribution in [3.8, 4) is 0 Å². The van der Waals surface area contributed by atoms with E-state index in [4.69, 9.17) is 4.74 Å². The molecule has 0 aliphatic rings. The molecular weight excluding hydrogens is 254 g/mol. The molecule has 4 heteroatoms. The van der Waals surface area contributed by atoms with Gasteiger partial charge < -0.3 is 10.1 Å². The van der Waals surface area contributed by atoms with Gasteiger partial charge in [-0.05, 0) is 20.8 Å². The van der Waals surface area contributed by atoms with Gasteiger partial charge in [-0.2, -0.15) is 0 Å². The molecule has 0 saturated heterocycles. The van der Waals surface area contributed by atoms with Crippen molar-refractivity contribution in [3.05, 3.63) is 0 Å². The van der Waals surface area contributed by atoms with Gasteiger partial charge in [-0.1, -0.05) is 41.5 Å². The van der Waals surface area contributed by atoms with Crippen molar-refractivity contribution in [2.75, 3.05) is 13.2 Å². The van der Waals surface area contributed by atoms with Crippen LogP contribution in [-0.2, 0) is 14.3 Å². The number of hydrogen-bond donors (Lipinski definition) is 1. The van der Waals surface area contributed by atoms with Crippen molar-refractivity contribution in [1.82, 2.24) is 5.32 Å². The van der Waals surface area contributed by atoms with Crippen LogP contribution in [0.2, 0.25) is 0 Å². The Morgan fingerprint density at radius 2 is 1.50 bits per heavy atom. The lowest BCUT2D eigenvalue weighted by atomic mass is 9.65. The molecule has 0 aliphatic carbocycles. The summed E-state index contributed by atoms with van der Waals surface area (Å²) in [6, 6.07) is 0. The normalized spacial score (nSPS) is 11.7. The van der Waals surface area contributed by atoms with Gasteiger partial charge in [-0.3, -0.25) is 9.59 Å². The largest absolute Gasteiger partial charge is 0.377 e. The van der Waals surface area contributed by atoms with Gasteiger partial charge in [0, 0.05) is 12.0 Å². The summed E-state index contributed by atoms with van der Waals surface area (Å²) in [5.74, 6) is -0.101. The molecule has 0 atom stereocenters. The summed E-state index contributed by atoms with van der Waals surface area (Å²) in [5, 5.41) is 2.82. The van der Waals surface area contributed by atoms with Crippen LogP contribution in [0.25, 0.3) is 0 Å². The maximum atomic E-state index is 12.1. The van der Waals surface area contributed by atoms with E-state index in [0.717, 1.165) is 0 Å². The zero-order valence-electron chi connectivity index (χ0n) is 14.7. The number of amides is 1. The minimum atomic E-state index is -0.739. The van der Waals surface area contributed by atoms with Crippen molar-refractivity contribution in [3.63, 3.8) is 0 Å². The number of rotatable bonds is 7. The molecule has 0 aliphatic heterocycles. The third-order valence-electron chi connectivity index (χ3n) is 3.85. The second-order valence-corrected chi connectivity index (χ2v) is 5.98. The molecule has 0 aromatic carbocycles. The van der Waals surface area contributed by atoms with Crippen molar-refractivity contribution in [2.24, 2.45) is 10.8 Å². The highest BCUT2D eigenvalue weighted by molar-refractivity contribution is 5.92. The Bertz CT molecular complexity index is 307. The van der Waals surface area contributed by atoms with E-state index in [-0.39, 0.29) is 17.8 Å². The van der Waals surface area contributed by atoms with Crippen LogP contribution in [0.3, 0.4) is 0 Å². The van der Waals surface area contributed by atoms with Gasteiger partial charge in [-0.25, -0.2) is 0 Å². The molecule has 0 heterocycles. The molecule has 0 saturated carbocycles. The molecule has 1 amide bonds. The van der Waals surface area contributed by atoms with E-state index in [1.807, 2.05) is 27.7 Å². The van der Waals surface area contributed by atoms with E-state index in [9.17, 15) is 9.59 Å². The molecule has 0 bridgehead atoms. The Hall–Kier alpha value is -0.900. The number of ether oxygens (including phenoxy) is 1. The highest BCUT2D eigenvalue weighted by atomic mass is 16.5. The van der Waals surface area contributed by atoms with Gasteiger partial charge in [0.25, 0.3) is 0 Å². The fourth-order valence-corrected chi connectivity index (χ4v) is 1.40. The Morgan fingerprint density at radius 3 is 1.85 bits per heavy atom. The quantitative estimate of drug-likeness (QED) is 0.732. The smallest absolute Gasteiger partial charge is 0.226 e. The monoisotopic (exact) mass is 287 g/mol. The standard InChI is InChI=1S/C14H27NO3.C2H6/c1-10(2)18-9-8-15-12(17)14(6,7)13(4,5)11(3)16;1-2/h10H,8-9H2,1-7H3,(H,15,17);1-2H3. The van der Waals surface area contributed by atoms with Crippen LogP contribution in [0, 0.1) is 10.8 Å². The first-order chi connectivity index (χ1) is 9.03. The second-order valence-electron chi connectivity index (χ2n) is 5.98. The van der Waals surface area contributed by atoms with Crippen molar-refractivity contribution < 1.29 is 14.3 Å². The minimum Gasteiger partial charge on any atom is -0.377 e. The predicted molar refractivity (Wildman–Crippen MR) is 83.7 cm³/mol. The first-order valence-corrected chi connectivity index (χ1v) is 7.44. The summed E-state index contributed by atoms with van der Waals surface area (Å²) in [5.41, 5.74) is -1.42. The molecule has 0 radical (unpaired) electrons. The first kappa shape index (κ1) is 21.4. The van der Waals surface area contributed by atoms with E-state index >= 15 is 0 Å². The highest BCUT2D eigenvalue weighted by Gasteiger charge is 2.46. The van der Waals surface area contributed by atoms with Crippen molar-refractivity contribution in [2.45, 2.75) is 68.4 Å². The molecule has 0 aromatic rings. The average molecular weight is 287 g/mol.